The van der Waals surface area contributed by atoms with Gasteiger partial charge < -0.3 is 19.0 Å². The Labute approximate surface area is 311 Å². The molecule has 0 bridgehead atoms. The minimum atomic E-state index is -3.02. The standard InChI is InChI=1S/C40H48ClNO7SSi/c1-25(33-30(43)22-40(5,6)23-31(33)44)42-34-36(49-37(46)26-18-20-27(41)21-19-26)35(45)32(48-38(34)50-7)24-47-51(39(2,3)4,28-14-10-8-11-15-28)29-16-12-9-13-17-29/h8-21,32-36,38,45H,22-24H2,1-7H3/t32-,34-,35-,36-,38+/m1/s1. The largest absolute Gasteiger partial charge is 0.453 e. The summed E-state index contributed by atoms with van der Waals surface area (Å²) in [7, 11) is -3.02. The number of benzene rings is 3. The fourth-order valence-electron chi connectivity index (χ4n) is 7.42. The van der Waals surface area contributed by atoms with Crippen molar-refractivity contribution in [2.24, 2.45) is 16.3 Å². The quantitative estimate of drug-likeness (QED) is 0.111. The van der Waals surface area contributed by atoms with E-state index in [-0.39, 0.29) is 41.6 Å². The summed E-state index contributed by atoms with van der Waals surface area (Å²) in [5.41, 5.74) is -0.566. The number of halogens is 1. The van der Waals surface area contributed by atoms with E-state index in [2.05, 4.69) is 45.0 Å². The molecule has 1 aliphatic heterocycles. The van der Waals surface area contributed by atoms with Gasteiger partial charge in [0.1, 0.15) is 41.2 Å². The second-order valence-electron chi connectivity index (χ2n) is 15.3. The number of aliphatic hydroxyl groups is 1. The highest BCUT2D eigenvalue weighted by Crippen LogP contribution is 2.39. The van der Waals surface area contributed by atoms with E-state index >= 15 is 0 Å². The van der Waals surface area contributed by atoms with Crippen molar-refractivity contribution in [1.82, 2.24) is 0 Å². The van der Waals surface area contributed by atoms with Crippen LogP contribution in [-0.4, -0.2) is 79.3 Å². The van der Waals surface area contributed by atoms with Crippen LogP contribution in [0.25, 0.3) is 0 Å². The highest BCUT2D eigenvalue weighted by Gasteiger charge is 2.53. The summed E-state index contributed by atoms with van der Waals surface area (Å²) in [5, 5.41) is 14.4. The van der Waals surface area contributed by atoms with Gasteiger partial charge in [0.2, 0.25) is 0 Å². The van der Waals surface area contributed by atoms with E-state index in [1.54, 1.807) is 31.2 Å². The van der Waals surface area contributed by atoms with Gasteiger partial charge in [-0.3, -0.25) is 14.6 Å². The summed E-state index contributed by atoms with van der Waals surface area (Å²) >= 11 is 7.43. The van der Waals surface area contributed by atoms with Crippen LogP contribution in [0, 0.1) is 11.3 Å². The molecule has 0 unspecified atom stereocenters. The van der Waals surface area contributed by atoms with E-state index in [1.165, 1.54) is 11.8 Å². The average Bonchev–Trinajstić information content (AvgIpc) is 3.07. The van der Waals surface area contributed by atoms with E-state index in [0.29, 0.717) is 10.7 Å². The van der Waals surface area contributed by atoms with Gasteiger partial charge in [-0.25, -0.2) is 4.79 Å². The van der Waals surface area contributed by atoms with Crippen LogP contribution in [0.2, 0.25) is 10.1 Å². The monoisotopic (exact) mass is 749 g/mol. The number of ketones is 2. The zero-order chi connectivity index (χ0) is 37.1. The van der Waals surface area contributed by atoms with Gasteiger partial charge >= 0.3 is 5.97 Å². The van der Waals surface area contributed by atoms with Crippen molar-refractivity contribution >= 4 is 65.3 Å². The maximum atomic E-state index is 13.6. The SMILES string of the molecule is CS[C@@H]1O[C@H](CO[Si](c2ccccc2)(c2ccccc2)C(C)(C)C)[C@@H](O)[C@H](OC(=O)c2ccc(Cl)cc2)[C@H]1N=C(C)C1C(=O)CC(C)(C)CC1=O. The molecule has 1 N–H and O–H groups in total. The fraction of sp³-hybridized carbons (Fsp3) is 0.450. The number of carbonyl (C=O) groups excluding carboxylic acids is 3. The molecule has 0 aromatic heterocycles. The van der Waals surface area contributed by atoms with Crippen molar-refractivity contribution in [2.45, 2.75) is 89.2 Å². The maximum absolute atomic E-state index is 13.6. The number of nitrogens with zero attached hydrogens (tertiary/aromatic N) is 1. The lowest BCUT2D eigenvalue weighted by Crippen LogP contribution is -2.68. The summed E-state index contributed by atoms with van der Waals surface area (Å²) < 4.78 is 19.8. The summed E-state index contributed by atoms with van der Waals surface area (Å²) in [6.07, 6.45) is -1.10. The molecule has 5 rings (SSSR count). The molecule has 1 saturated heterocycles. The normalized spacial score (nSPS) is 24.7. The maximum Gasteiger partial charge on any atom is 0.338 e. The van der Waals surface area contributed by atoms with Crippen LogP contribution in [-0.2, 0) is 23.5 Å². The number of ether oxygens (including phenoxy) is 2. The highest BCUT2D eigenvalue weighted by atomic mass is 35.5. The molecule has 3 aromatic carbocycles. The van der Waals surface area contributed by atoms with Crippen molar-refractivity contribution < 1.29 is 33.4 Å². The zero-order valence-corrected chi connectivity index (χ0v) is 32.9. The molecule has 0 spiro atoms. The molecule has 1 heterocycles. The van der Waals surface area contributed by atoms with Crippen molar-refractivity contribution in [2.75, 3.05) is 12.9 Å². The van der Waals surface area contributed by atoms with Crippen LogP contribution in [0.3, 0.4) is 0 Å². The van der Waals surface area contributed by atoms with Gasteiger partial charge in [-0.1, -0.05) is 107 Å². The van der Waals surface area contributed by atoms with Crippen LogP contribution < -0.4 is 10.4 Å². The second kappa shape index (κ2) is 15.9. The Morgan fingerprint density at radius 3 is 1.98 bits per heavy atom. The van der Waals surface area contributed by atoms with Crippen molar-refractivity contribution in [3.63, 3.8) is 0 Å². The summed E-state index contributed by atoms with van der Waals surface area (Å²) in [6.45, 7) is 12.0. The molecule has 1 saturated carbocycles. The summed E-state index contributed by atoms with van der Waals surface area (Å²) in [6, 6.07) is 25.7. The second-order valence-corrected chi connectivity index (χ2v) is 20.9. The molecule has 8 nitrogen and oxygen atoms in total. The number of aliphatic imine (C=N–C) groups is 1. The van der Waals surface area contributed by atoms with Gasteiger partial charge in [-0.15, -0.1) is 11.8 Å². The van der Waals surface area contributed by atoms with E-state index < -0.39 is 55.4 Å². The first-order chi connectivity index (χ1) is 24.1. The topological polar surface area (TPSA) is 111 Å². The first kappa shape index (κ1) is 39.1. The third-order valence-corrected chi connectivity index (χ3v) is 15.9. The van der Waals surface area contributed by atoms with E-state index in [4.69, 9.17) is 30.5 Å². The number of hydrogen-bond donors (Lipinski definition) is 1. The lowest BCUT2D eigenvalue weighted by Gasteiger charge is -2.46. The molecular formula is C40H48ClNO7SSi. The first-order valence-corrected chi connectivity index (χ1v) is 20.8. The fourth-order valence-corrected chi connectivity index (χ4v) is 12.9. The number of carbonyl (C=O) groups is 3. The number of rotatable bonds is 10. The van der Waals surface area contributed by atoms with Crippen molar-refractivity contribution in [1.29, 1.82) is 0 Å². The number of hydrogen-bond acceptors (Lipinski definition) is 9. The zero-order valence-electron chi connectivity index (χ0n) is 30.3. The van der Waals surface area contributed by atoms with Crippen LogP contribution in [0.5, 0.6) is 0 Å². The van der Waals surface area contributed by atoms with Gasteiger partial charge in [0, 0.05) is 23.6 Å². The van der Waals surface area contributed by atoms with E-state index in [9.17, 15) is 19.5 Å². The number of aliphatic hydroxyl groups excluding tert-OH is 1. The lowest BCUT2D eigenvalue weighted by molar-refractivity contribution is -0.165. The third kappa shape index (κ3) is 8.42. The number of thioether (sulfide) groups is 1. The molecule has 11 heteroatoms. The lowest BCUT2D eigenvalue weighted by atomic mass is 9.70. The number of esters is 1. The van der Waals surface area contributed by atoms with Crippen LogP contribution in [0.15, 0.2) is 89.9 Å². The minimum absolute atomic E-state index is 0.00456. The first-order valence-electron chi connectivity index (χ1n) is 17.3. The van der Waals surface area contributed by atoms with E-state index in [0.717, 1.165) is 10.4 Å². The molecule has 5 atom stereocenters. The Balaban J connectivity index is 1.52. The Kier molecular flexibility index (Phi) is 12.2. The van der Waals surface area contributed by atoms with E-state index in [1.807, 2.05) is 56.5 Å². The number of Topliss-reactive ketones (excluding diaryl/α,β-unsaturated/α-hetero) is 2. The van der Waals surface area contributed by atoms with Gasteiger partial charge in [-0.2, -0.15) is 0 Å². The summed E-state index contributed by atoms with van der Waals surface area (Å²) in [5.74, 6) is -2.06. The van der Waals surface area contributed by atoms with Gasteiger partial charge in [-0.05, 0) is 58.3 Å². The molecule has 0 amide bonds. The Morgan fingerprint density at radius 1 is 0.961 bits per heavy atom. The molecule has 272 valence electrons. The van der Waals surface area contributed by atoms with Gasteiger partial charge in [0.05, 0.1) is 12.2 Å². The molecular weight excluding hydrogens is 702 g/mol. The predicted molar refractivity (Wildman–Crippen MR) is 206 cm³/mol. The molecule has 51 heavy (non-hydrogen) atoms. The van der Waals surface area contributed by atoms with Gasteiger partial charge in [0.25, 0.3) is 8.32 Å². The third-order valence-electron chi connectivity index (χ3n) is 9.80. The molecule has 2 fully saturated rings. The molecule has 1 aliphatic carbocycles. The molecule has 3 aromatic rings. The smallest absolute Gasteiger partial charge is 0.338 e. The van der Waals surface area contributed by atoms with Crippen LogP contribution in [0.1, 0.15) is 64.7 Å². The van der Waals surface area contributed by atoms with Gasteiger partial charge in [0.15, 0.2) is 6.10 Å². The Morgan fingerprint density at radius 2 is 1.49 bits per heavy atom. The predicted octanol–water partition coefficient (Wildman–Crippen LogP) is 6.29. The van der Waals surface area contributed by atoms with Crippen molar-refractivity contribution in [3.8, 4) is 0 Å². The van der Waals surface area contributed by atoms with Crippen LogP contribution in [0.4, 0.5) is 0 Å². The highest BCUT2D eigenvalue weighted by molar-refractivity contribution is 7.99. The summed E-state index contributed by atoms with van der Waals surface area (Å²) in [4.78, 5) is 44.9. The Hall–Kier alpha value is -3.12. The molecule has 0 radical (unpaired) electrons. The van der Waals surface area contributed by atoms with Crippen LogP contribution >= 0.6 is 23.4 Å². The molecule has 2 aliphatic rings. The Bertz CT molecular complexity index is 1670. The minimum Gasteiger partial charge on any atom is -0.453 e. The average molecular weight is 750 g/mol. The van der Waals surface area contributed by atoms with Crippen molar-refractivity contribution in [3.05, 3.63) is 95.5 Å².